The Labute approximate surface area is 171 Å². The number of anilines is 1. The number of hydrogen-bond donors (Lipinski definition) is 2. The molecule has 152 valence electrons. The lowest BCUT2D eigenvalue weighted by Gasteiger charge is -2.19. The van der Waals surface area contributed by atoms with Gasteiger partial charge in [0.2, 0.25) is 11.0 Å². The van der Waals surface area contributed by atoms with Gasteiger partial charge in [-0.25, -0.2) is 0 Å². The van der Waals surface area contributed by atoms with Crippen molar-refractivity contribution in [2.24, 2.45) is 0 Å². The van der Waals surface area contributed by atoms with Crippen molar-refractivity contribution in [3.8, 4) is 0 Å². The normalized spacial score (nSPS) is 12.7. The van der Waals surface area contributed by atoms with Gasteiger partial charge in [0.25, 0.3) is 5.91 Å². The Morgan fingerprint density at radius 3 is 2.21 bits per heavy atom. The molecule has 1 heterocycles. The second-order valence-corrected chi connectivity index (χ2v) is 8.98. The smallest absolute Gasteiger partial charge is 0.251 e. The zero-order chi connectivity index (χ0) is 20.9. The zero-order valence-corrected chi connectivity index (χ0v) is 18.3. The van der Waals surface area contributed by atoms with Gasteiger partial charge in [-0.3, -0.25) is 14.9 Å². The quantitative estimate of drug-likeness (QED) is 0.714. The Hall–Kier alpha value is -2.28. The van der Waals surface area contributed by atoms with Crippen LogP contribution in [0.4, 0.5) is 5.13 Å². The molecule has 1 aromatic carbocycles. The van der Waals surface area contributed by atoms with Gasteiger partial charge in [-0.1, -0.05) is 58.1 Å². The lowest BCUT2D eigenvalue weighted by Crippen LogP contribution is -2.41. The first kappa shape index (κ1) is 22.0. The van der Waals surface area contributed by atoms with E-state index in [-0.39, 0.29) is 17.2 Å². The number of aromatic nitrogens is 2. The van der Waals surface area contributed by atoms with E-state index in [4.69, 9.17) is 0 Å². The molecule has 1 aromatic heterocycles. The van der Waals surface area contributed by atoms with Crippen molar-refractivity contribution in [1.82, 2.24) is 15.5 Å². The predicted molar refractivity (Wildman–Crippen MR) is 114 cm³/mol. The Morgan fingerprint density at radius 2 is 1.68 bits per heavy atom. The summed E-state index contributed by atoms with van der Waals surface area (Å²) in [5.41, 5.74) is 1.70. The summed E-state index contributed by atoms with van der Waals surface area (Å²) in [6.45, 7) is 12.2. The van der Waals surface area contributed by atoms with Crippen molar-refractivity contribution in [3.05, 3.63) is 40.4 Å². The lowest BCUT2D eigenvalue weighted by atomic mass is 9.86. The standard InChI is InChI=1S/C21H30N4O2S/c1-7-14(8-2)19-24-25-20(28-19)23-17(26)13(3)22-18(27)15-9-11-16(12-10-15)21(4,5)6/h9-14H,7-8H2,1-6H3,(H,22,27)(H,23,25,26). The average molecular weight is 403 g/mol. The van der Waals surface area contributed by atoms with Crippen LogP contribution in [0.5, 0.6) is 0 Å². The third-order valence-corrected chi connectivity index (χ3v) is 5.76. The molecule has 0 spiro atoms. The number of carbonyl (C=O) groups is 2. The number of hydrogen-bond acceptors (Lipinski definition) is 5. The van der Waals surface area contributed by atoms with Crippen molar-refractivity contribution < 1.29 is 9.59 Å². The van der Waals surface area contributed by atoms with E-state index in [0.29, 0.717) is 16.6 Å². The summed E-state index contributed by atoms with van der Waals surface area (Å²) < 4.78 is 0. The van der Waals surface area contributed by atoms with Gasteiger partial charge in [0.1, 0.15) is 11.0 Å². The monoisotopic (exact) mass is 402 g/mol. The molecular formula is C21H30N4O2S. The van der Waals surface area contributed by atoms with Crippen LogP contribution in [0, 0.1) is 0 Å². The van der Waals surface area contributed by atoms with E-state index < -0.39 is 6.04 Å². The van der Waals surface area contributed by atoms with E-state index in [2.05, 4.69) is 55.4 Å². The van der Waals surface area contributed by atoms with Crippen LogP contribution in [0.25, 0.3) is 0 Å². The fourth-order valence-corrected chi connectivity index (χ4v) is 3.78. The molecule has 0 aliphatic rings. The van der Waals surface area contributed by atoms with Crippen LogP contribution in [0.15, 0.2) is 24.3 Å². The van der Waals surface area contributed by atoms with Gasteiger partial charge in [0.15, 0.2) is 0 Å². The van der Waals surface area contributed by atoms with Crippen molar-refractivity contribution in [3.63, 3.8) is 0 Å². The van der Waals surface area contributed by atoms with E-state index in [1.54, 1.807) is 19.1 Å². The van der Waals surface area contributed by atoms with E-state index in [0.717, 1.165) is 23.4 Å². The number of rotatable bonds is 7. The van der Waals surface area contributed by atoms with Crippen LogP contribution in [0.3, 0.4) is 0 Å². The highest BCUT2D eigenvalue weighted by Gasteiger charge is 2.20. The van der Waals surface area contributed by atoms with Crippen molar-refractivity contribution in [1.29, 1.82) is 0 Å². The predicted octanol–water partition coefficient (Wildman–Crippen LogP) is 4.50. The van der Waals surface area contributed by atoms with E-state index in [1.165, 1.54) is 11.3 Å². The molecule has 0 aliphatic carbocycles. The molecular weight excluding hydrogens is 372 g/mol. The van der Waals surface area contributed by atoms with Crippen molar-refractivity contribution in [2.45, 2.75) is 71.8 Å². The highest BCUT2D eigenvalue weighted by molar-refractivity contribution is 7.15. The molecule has 6 nitrogen and oxygen atoms in total. The summed E-state index contributed by atoms with van der Waals surface area (Å²) in [4.78, 5) is 24.8. The highest BCUT2D eigenvalue weighted by Crippen LogP contribution is 2.28. The number of benzene rings is 1. The maximum Gasteiger partial charge on any atom is 0.251 e. The SMILES string of the molecule is CCC(CC)c1nnc(NC(=O)C(C)NC(=O)c2ccc(C(C)(C)C)cc2)s1. The van der Waals surface area contributed by atoms with Crippen molar-refractivity contribution >= 4 is 28.3 Å². The molecule has 0 bridgehead atoms. The molecule has 1 unspecified atom stereocenters. The largest absolute Gasteiger partial charge is 0.341 e. The highest BCUT2D eigenvalue weighted by atomic mass is 32.1. The lowest BCUT2D eigenvalue weighted by molar-refractivity contribution is -0.117. The van der Waals surface area contributed by atoms with Crippen LogP contribution in [0.1, 0.15) is 81.2 Å². The molecule has 2 amide bonds. The molecule has 2 aromatic rings. The molecule has 0 aliphatic heterocycles. The number of nitrogens with zero attached hydrogens (tertiary/aromatic N) is 2. The number of nitrogens with one attached hydrogen (secondary N) is 2. The summed E-state index contributed by atoms with van der Waals surface area (Å²) in [6.07, 6.45) is 1.97. The Balaban J connectivity index is 1.95. The van der Waals surface area contributed by atoms with Gasteiger partial charge >= 0.3 is 0 Å². The van der Waals surface area contributed by atoms with Crippen molar-refractivity contribution in [2.75, 3.05) is 5.32 Å². The van der Waals surface area contributed by atoms with Crippen LogP contribution < -0.4 is 10.6 Å². The number of amides is 2. The molecule has 28 heavy (non-hydrogen) atoms. The summed E-state index contributed by atoms with van der Waals surface area (Å²) >= 11 is 1.39. The maximum absolute atomic E-state index is 12.4. The second-order valence-electron chi connectivity index (χ2n) is 7.97. The summed E-state index contributed by atoms with van der Waals surface area (Å²) in [5.74, 6) is -0.235. The van der Waals surface area contributed by atoms with Crippen LogP contribution in [0.2, 0.25) is 0 Å². The Morgan fingerprint density at radius 1 is 1.07 bits per heavy atom. The van der Waals surface area contributed by atoms with Gasteiger partial charge in [-0.2, -0.15) is 0 Å². The maximum atomic E-state index is 12.4. The van der Waals surface area contributed by atoms with Gasteiger partial charge < -0.3 is 5.32 Å². The minimum atomic E-state index is -0.685. The zero-order valence-electron chi connectivity index (χ0n) is 17.5. The Kier molecular flexibility index (Phi) is 7.29. The molecule has 0 fully saturated rings. The first-order chi connectivity index (χ1) is 13.2. The second kappa shape index (κ2) is 9.28. The van der Waals surface area contributed by atoms with Crippen LogP contribution in [-0.2, 0) is 10.2 Å². The molecule has 2 N–H and O–H groups in total. The van der Waals surface area contributed by atoms with Gasteiger partial charge in [-0.05, 0) is 42.9 Å². The topological polar surface area (TPSA) is 84.0 Å². The first-order valence-corrected chi connectivity index (χ1v) is 10.5. The fraction of sp³-hybridized carbons (Fsp3) is 0.524. The van der Waals surface area contributed by atoms with Crippen LogP contribution >= 0.6 is 11.3 Å². The molecule has 0 radical (unpaired) electrons. The van der Waals surface area contributed by atoms with Crippen LogP contribution in [-0.4, -0.2) is 28.1 Å². The minimum absolute atomic E-state index is 0.0251. The van der Waals surface area contributed by atoms with Gasteiger partial charge in [0, 0.05) is 11.5 Å². The minimum Gasteiger partial charge on any atom is -0.341 e. The molecule has 2 rings (SSSR count). The van der Waals surface area contributed by atoms with E-state index >= 15 is 0 Å². The van der Waals surface area contributed by atoms with Gasteiger partial charge in [0.05, 0.1) is 0 Å². The number of carbonyl (C=O) groups excluding carboxylic acids is 2. The van der Waals surface area contributed by atoms with E-state index in [9.17, 15) is 9.59 Å². The summed E-state index contributed by atoms with van der Waals surface area (Å²) in [7, 11) is 0. The fourth-order valence-electron chi connectivity index (χ4n) is 2.77. The molecule has 0 saturated carbocycles. The molecule has 0 saturated heterocycles. The van der Waals surface area contributed by atoms with E-state index in [1.807, 2.05) is 12.1 Å². The third kappa shape index (κ3) is 5.61. The Bertz CT molecular complexity index is 805. The van der Waals surface area contributed by atoms with Gasteiger partial charge in [-0.15, -0.1) is 10.2 Å². The summed E-state index contributed by atoms with van der Waals surface area (Å²) in [6, 6.07) is 6.77. The average Bonchev–Trinajstić information content (AvgIpc) is 3.10. The summed E-state index contributed by atoms with van der Waals surface area (Å²) in [5, 5.41) is 15.1. The third-order valence-electron chi connectivity index (χ3n) is 4.76. The molecule has 1 atom stereocenters. The first-order valence-electron chi connectivity index (χ1n) is 9.71. The molecule has 7 heteroatoms.